The Kier molecular flexibility index (Phi) is 4.40. The first-order valence-corrected chi connectivity index (χ1v) is 7.97. The quantitative estimate of drug-likeness (QED) is 0.645. The highest BCUT2D eigenvalue weighted by Gasteiger charge is 2.18. The number of H-pyrrole nitrogens is 1. The van der Waals surface area contributed by atoms with Crippen molar-refractivity contribution in [1.82, 2.24) is 14.7 Å². The molecule has 0 saturated carbocycles. The van der Waals surface area contributed by atoms with Gasteiger partial charge in [0.1, 0.15) is 5.82 Å². The Hall–Kier alpha value is -1.46. The van der Waals surface area contributed by atoms with Crippen LogP contribution in [0, 0.1) is 3.57 Å². The number of aromatic amines is 1. The van der Waals surface area contributed by atoms with E-state index >= 15 is 0 Å². The number of halogens is 1. The summed E-state index contributed by atoms with van der Waals surface area (Å²) in [6.07, 6.45) is 3.09. The lowest BCUT2D eigenvalue weighted by molar-refractivity contribution is 0.0695. The molecule has 7 nitrogen and oxygen atoms in total. The summed E-state index contributed by atoms with van der Waals surface area (Å²) in [6, 6.07) is 3.94. The normalized spacial score (nSPS) is 11.4. The molecule has 106 valence electrons. The van der Waals surface area contributed by atoms with E-state index in [-0.39, 0.29) is 17.0 Å². The van der Waals surface area contributed by atoms with Crippen LogP contribution in [-0.2, 0) is 16.6 Å². The van der Waals surface area contributed by atoms with Crippen molar-refractivity contribution in [3.8, 4) is 0 Å². The summed E-state index contributed by atoms with van der Waals surface area (Å²) in [6.45, 7) is 0.00369. The maximum atomic E-state index is 12.1. The van der Waals surface area contributed by atoms with Gasteiger partial charge < -0.3 is 10.1 Å². The summed E-state index contributed by atoms with van der Waals surface area (Å²) in [5.74, 6) is -0.699. The van der Waals surface area contributed by atoms with Crippen LogP contribution in [-0.4, -0.2) is 29.5 Å². The van der Waals surface area contributed by atoms with Crippen LogP contribution in [0.4, 0.5) is 0 Å². The van der Waals surface area contributed by atoms with Crippen LogP contribution in [0.1, 0.15) is 16.2 Å². The van der Waals surface area contributed by atoms with Gasteiger partial charge in [-0.25, -0.2) is 22.9 Å². The van der Waals surface area contributed by atoms with Crippen LogP contribution < -0.4 is 4.72 Å². The first-order chi connectivity index (χ1) is 9.40. The van der Waals surface area contributed by atoms with Crippen LogP contribution in [0.2, 0.25) is 0 Å². The van der Waals surface area contributed by atoms with Crippen LogP contribution in [0.15, 0.2) is 35.5 Å². The average molecular weight is 407 g/mol. The second kappa shape index (κ2) is 5.89. The molecule has 0 amide bonds. The molecular weight excluding hydrogens is 397 g/mol. The Labute approximate surface area is 128 Å². The van der Waals surface area contributed by atoms with Gasteiger partial charge in [-0.15, -0.1) is 0 Å². The number of imidazole rings is 1. The molecule has 0 aliphatic rings. The Bertz CT molecular complexity index is 728. The standard InChI is InChI=1S/C11H10IN3O4S/c12-9-2-1-7(5-8(9)11(16)17)20(18,19)15-6-10-13-3-4-14-10/h1-5,15H,6H2,(H,13,14)(H,16,17). The third kappa shape index (κ3) is 3.35. The maximum absolute atomic E-state index is 12.1. The Morgan fingerprint density at radius 3 is 2.80 bits per heavy atom. The smallest absolute Gasteiger partial charge is 0.336 e. The molecule has 0 radical (unpaired) electrons. The Morgan fingerprint density at radius 1 is 1.45 bits per heavy atom. The van der Waals surface area contributed by atoms with Crippen molar-refractivity contribution >= 4 is 38.6 Å². The fourth-order valence-corrected chi connectivity index (χ4v) is 3.06. The van der Waals surface area contributed by atoms with E-state index in [1.165, 1.54) is 18.3 Å². The summed E-state index contributed by atoms with van der Waals surface area (Å²) in [4.78, 5) is 17.6. The Balaban J connectivity index is 2.25. The number of sulfonamides is 1. The highest BCUT2D eigenvalue weighted by Crippen LogP contribution is 2.18. The van der Waals surface area contributed by atoms with E-state index in [1.54, 1.807) is 6.20 Å². The summed E-state index contributed by atoms with van der Waals surface area (Å²) in [5, 5.41) is 9.00. The van der Waals surface area contributed by atoms with Crippen LogP contribution in [0.3, 0.4) is 0 Å². The fourth-order valence-electron chi connectivity index (χ4n) is 1.48. The highest BCUT2D eigenvalue weighted by molar-refractivity contribution is 14.1. The molecule has 2 aromatic rings. The predicted octanol–water partition coefficient (Wildman–Crippen LogP) is 1.19. The number of nitrogens with one attached hydrogen (secondary N) is 2. The number of benzene rings is 1. The molecular formula is C11H10IN3O4S. The molecule has 0 aliphatic heterocycles. The summed E-state index contributed by atoms with van der Waals surface area (Å²) >= 11 is 1.84. The van der Waals surface area contributed by atoms with Gasteiger partial charge in [0.25, 0.3) is 0 Å². The number of hydrogen-bond donors (Lipinski definition) is 3. The van der Waals surface area contributed by atoms with Crippen molar-refractivity contribution in [1.29, 1.82) is 0 Å². The van der Waals surface area contributed by atoms with Crippen molar-refractivity contribution in [3.05, 3.63) is 45.6 Å². The number of carboxylic acid groups (broad SMARTS) is 1. The minimum Gasteiger partial charge on any atom is -0.478 e. The molecule has 20 heavy (non-hydrogen) atoms. The van der Waals surface area contributed by atoms with Gasteiger partial charge in [0, 0.05) is 16.0 Å². The second-order valence-electron chi connectivity index (χ2n) is 3.81. The molecule has 1 aromatic heterocycles. The van der Waals surface area contributed by atoms with E-state index in [1.807, 2.05) is 22.6 Å². The molecule has 1 heterocycles. The largest absolute Gasteiger partial charge is 0.478 e. The van der Waals surface area contributed by atoms with Gasteiger partial charge in [0.15, 0.2) is 0 Å². The van der Waals surface area contributed by atoms with Gasteiger partial charge in [-0.3, -0.25) is 0 Å². The zero-order valence-electron chi connectivity index (χ0n) is 10.00. The maximum Gasteiger partial charge on any atom is 0.336 e. The third-order valence-electron chi connectivity index (χ3n) is 2.46. The molecule has 0 aliphatic carbocycles. The van der Waals surface area contributed by atoms with E-state index < -0.39 is 16.0 Å². The second-order valence-corrected chi connectivity index (χ2v) is 6.74. The minimum absolute atomic E-state index is 0.00369. The zero-order valence-corrected chi connectivity index (χ0v) is 13.0. The number of hydrogen-bond acceptors (Lipinski definition) is 4. The van der Waals surface area contributed by atoms with E-state index in [9.17, 15) is 13.2 Å². The summed E-state index contributed by atoms with van der Waals surface area (Å²) in [7, 11) is -3.79. The molecule has 0 fully saturated rings. The van der Waals surface area contributed by atoms with E-state index in [0.29, 0.717) is 9.39 Å². The molecule has 0 saturated heterocycles. The molecule has 0 atom stereocenters. The van der Waals surface area contributed by atoms with Gasteiger partial charge in [-0.1, -0.05) is 0 Å². The molecule has 3 N–H and O–H groups in total. The molecule has 1 aromatic carbocycles. The van der Waals surface area contributed by atoms with Crippen molar-refractivity contribution in [2.75, 3.05) is 0 Å². The van der Waals surface area contributed by atoms with Crippen LogP contribution >= 0.6 is 22.6 Å². The van der Waals surface area contributed by atoms with Gasteiger partial charge >= 0.3 is 5.97 Å². The van der Waals surface area contributed by atoms with Gasteiger partial charge in [-0.05, 0) is 40.8 Å². The molecule has 0 unspecified atom stereocenters. The molecule has 9 heteroatoms. The number of rotatable bonds is 5. The first kappa shape index (κ1) is 14.9. The molecule has 2 rings (SSSR count). The molecule has 0 bridgehead atoms. The monoisotopic (exact) mass is 407 g/mol. The van der Waals surface area contributed by atoms with Crippen LogP contribution in [0.25, 0.3) is 0 Å². The number of nitrogens with zero attached hydrogens (tertiary/aromatic N) is 1. The topological polar surface area (TPSA) is 112 Å². The van der Waals surface area contributed by atoms with Crippen LogP contribution in [0.5, 0.6) is 0 Å². The lowest BCUT2D eigenvalue weighted by atomic mass is 10.2. The van der Waals surface area contributed by atoms with Gasteiger partial charge in [-0.2, -0.15) is 0 Å². The number of aromatic carboxylic acids is 1. The van der Waals surface area contributed by atoms with E-state index in [2.05, 4.69) is 14.7 Å². The number of aromatic nitrogens is 2. The first-order valence-electron chi connectivity index (χ1n) is 5.41. The zero-order chi connectivity index (χ0) is 14.8. The van der Waals surface area contributed by atoms with E-state index in [4.69, 9.17) is 5.11 Å². The average Bonchev–Trinajstić information content (AvgIpc) is 2.89. The Morgan fingerprint density at radius 2 is 2.20 bits per heavy atom. The van der Waals surface area contributed by atoms with Crippen molar-refractivity contribution in [2.45, 2.75) is 11.4 Å². The lowest BCUT2D eigenvalue weighted by Gasteiger charge is -2.07. The van der Waals surface area contributed by atoms with Gasteiger partial charge in [0.2, 0.25) is 10.0 Å². The summed E-state index contributed by atoms with van der Waals surface area (Å²) < 4.78 is 26.9. The molecule has 0 spiro atoms. The predicted molar refractivity (Wildman–Crippen MR) is 78.7 cm³/mol. The van der Waals surface area contributed by atoms with Crippen molar-refractivity contribution in [2.24, 2.45) is 0 Å². The van der Waals surface area contributed by atoms with Gasteiger partial charge in [0.05, 0.1) is 17.0 Å². The van der Waals surface area contributed by atoms with Crippen molar-refractivity contribution in [3.63, 3.8) is 0 Å². The minimum atomic E-state index is -3.79. The fraction of sp³-hybridized carbons (Fsp3) is 0.0909. The SMILES string of the molecule is O=C(O)c1cc(S(=O)(=O)NCc2ncc[nH]2)ccc1I. The van der Waals surface area contributed by atoms with E-state index in [0.717, 1.165) is 6.07 Å². The number of carbonyl (C=O) groups is 1. The summed E-state index contributed by atoms with van der Waals surface area (Å²) in [5.41, 5.74) is -0.0496. The lowest BCUT2D eigenvalue weighted by Crippen LogP contribution is -2.24. The third-order valence-corrected chi connectivity index (χ3v) is 4.80. The highest BCUT2D eigenvalue weighted by atomic mass is 127. The number of carboxylic acids is 1. The van der Waals surface area contributed by atoms with Crippen molar-refractivity contribution < 1.29 is 18.3 Å².